The van der Waals surface area contributed by atoms with Gasteiger partial charge in [0, 0.05) is 24.2 Å². The molecule has 132 valence electrons. The van der Waals surface area contributed by atoms with Gasteiger partial charge in [-0.1, -0.05) is 35.1 Å². The van der Waals surface area contributed by atoms with Crippen molar-refractivity contribution in [1.82, 2.24) is 19.5 Å². The molecule has 0 radical (unpaired) electrons. The summed E-state index contributed by atoms with van der Waals surface area (Å²) in [5, 5.41) is 6.49. The third-order valence-electron chi connectivity index (χ3n) is 4.87. The Bertz CT molecular complexity index is 817. The number of piperidine rings is 1. The highest BCUT2D eigenvalue weighted by Crippen LogP contribution is 2.28. The number of imidazole rings is 1. The number of hydrogen-bond donors (Lipinski definition) is 0. The molecule has 0 atom stereocenters. The lowest BCUT2D eigenvalue weighted by molar-refractivity contribution is 0.222. The molecule has 3 heterocycles. The molecule has 0 saturated carbocycles. The summed E-state index contributed by atoms with van der Waals surface area (Å²) in [5.74, 6) is 0.752. The molecule has 1 fully saturated rings. The van der Waals surface area contributed by atoms with Crippen LogP contribution in [0.15, 0.2) is 30.5 Å². The van der Waals surface area contributed by atoms with Crippen molar-refractivity contribution in [2.45, 2.75) is 12.8 Å². The number of aromatic nitrogens is 3. The summed E-state index contributed by atoms with van der Waals surface area (Å²) in [4.78, 5) is 10.3. The second-order valence-corrected chi connectivity index (χ2v) is 8.24. The molecule has 1 saturated heterocycles. The number of benzene rings is 1. The van der Waals surface area contributed by atoms with Crippen LogP contribution in [0, 0.1) is 5.92 Å². The van der Waals surface area contributed by atoms with Crippen molar-refractivity contribution in [3.63, 3.8) is 0 Å². The zero-order valence-electron chi connectivity index (χ0n) is 14.5. The number of likely N-dealkylation sites (tertiary alicyclic amines) is 1. The fraction of sp³-hybridized carbons (Fsp3) is 0.444. The third kappa shape index (κ3) is 3.66. The van der Waals surface area contributed by atoms with Gasteiger partial charge in [-0.05, 0) is 51.0 Å². The van der Waals surface area contributed by atoms with E-state index in [1.165, 1.54) is 25.9 Å². The van der Waals surface area contributed by atoms with Crippen LogP contribution in [-0.2, 0) is 0 Å². The zero-order chi connectivity index (χ0) is 17.4. The average Bonchev–Trinajstić information content (AvgIpc) is 3.16. The molecule has 0 bridgehead atoms. The third-order valence-corrected chi connectivity index (χ3v) is 6.16. The fourth-order valence-corrected chi connectivity index (χ4v) is 4.29. The molecule has 0 amide bonds. The first-order chi connectivity index (χ1) is 12.1. The van der Waals surface area contributed by atoms with Crippen LogP contribution in [-0.4, -0.2) is 53.2 Å². The predicted molar refractivity (Wildman–Crippen MR) is 105 cm³/mol. The smallest absolute Gasteiger partial charge is 0.214 e. The molecule has 0 aliphatic carbocycles. The fourth-order valence-electron chi connectivity index (χ4n) is 3.31. The van der Waals surface area contributed by atoms with Crippen LogP contribution < -0.4 is 4.90 Å². The van der Waals surface area contributed by atoms with Crippen molar-refractivity contribution in [3.8, 4) is 11.3 Å². The van der Waals surface area contributed by atoms with Gasteiger partial charge in [0.1, 0.15) is 0 Å². The van der Waals surface area contributed by atoms with Gasteiger partial charge in [0.2, 0.25) is 10.1 Å². The van der Waals surface area contributed by atoms with Crippen LogP contribution in [0.2, 0.25) is 5.02 Å². The molecule has 0 spiro atoms. The maximum atomic E-state index is 5.96. The van der Waals surface area contributed by atoms with Crippen LogP contribution in [0.1, 0.15) is 12.8 Å². The quantitative estimate of drug-likeness (QED) is 0.693. The van der Waals surface area contributed by atoms with Crippen LogP contribution >= 0.6 is 22.9 Å². The minimum Gasteiger partial charge on any atom is -0.349 e. The first kappa shape index (κ1) is 16.8. The van der Waals surface area contributed by atoms with E-state index in [4.69, 9.17) is 21.7 Å². The van der Waals surface area contributed by atoms with Crippen molar-refractivity contribution in [2.75, 3.05) is 38.6 Å². The van der Waals surface area contributed by atoms with Gasteiger partial charge in [-0.15, -0.1) is 5.10 Å². The minimum atomic E-state index is 0.737. The molecule has 1 aliphatic heterocycles. The Morgan fingerprint density at radius 2 is 1.96 bits per heavy atom. The van der Waals surface area contributed by atoms with E-state index in [0.29, 0.717) is 0 Å². The molecule has 0 N–H and O–H groups in total. The van der Waals surface area contributed by atoms with Gasteiger partial charge < -0.3 is 9.80 Å². The van der Waals surface area contributed by atoms with E-state index < -0.39 is 0 Å². The van der Waals surface area contributed by atoms with Crippen molar-refractivity contribution in [3.05, 3.63) is 35.5 Å². The lowest BCUT2D eigenvalue weighted by Crippen LogP contribution is -2.35. The Hall–Kier alpha value is -1.63. The van der Waals surface area contributed by atoms with E-state index in [1.54, 1.807) is 11.3 Å². The summed E-state index contributed by atoms with van der Waals surface area (Å²) in [5.41, 5.74) is 1.99. The van der Waals surface area contributed by atoms with Gasteiger partial charge in [-0.2, -0.15) is 0 Å². The van der Waals surface area contributed by atoms with Gasteiger partial charge in [0.25, 0.3) is 0 Å². The molecular weight excluding hydrogens is 354 g/mol. The van der Waals surface area contributed by atoms with Crippen molar-refractivity contribution < 1.29 is 0 Å². The summed E-state index contributed by atoms with van der Waals surface area (Å²) in [6, 6.07) is 7.75. The van der Waals surface area contributed by atoms with Crippen molar-refractivity contribution in [1.29, 1.82) is 0 Å². The normalized spacial score (nSPS) is 16.6. The Balaban J connectivity index is 1.48. The van der Waals surface area contributed by atoms with E-state index in [1.807, 2.05) is 35.0 Å². The molecule has 3 aromatic rings. The number of fused-ring (bicyclic) bond motifs is 1. The molecule has 1 aliphatic rings. The number of nitrogens with zero attached hydrogens (tertiary/aromatic N) is 5. The number of anilines is 1. The molecule has 4 rings (SSSR count). The highest BCUT2D eigenvalue weighted by atomic mass is 35.5. The van der Waals surface area contributed by atoms with Gasteiger partial charge >= 0.3 is 0 Å². The second kappa shape index (κ2) is 6.94. The van der Waals surface area contributed by atoms with E-state index >= 15 is 0 Å². The summed E-state index contributed by atoms with van der Waals surface area (Å²) in [6.07, 6.45) is 4.52. The van der Waals surface area contributed by atoms with Crippen molar-refractivity contribution in [2.24, 2.45) is 5.92 Å². The number of hydrogen-bond acceptors (Lipinski definition) is 5. The van der Waals surface area contributed by atoms with Gasteiger partial charge in [0.05, 0.1) is 11.9 Å². The lowest BCUT2D eigenvalue weighted by Gasteiger charge is -2.31. The first-order valence-corrected chi connectivity index (χ1v) is 9.80. The minimum absolute atomic E-state index is 0.737. The highest BCUT2D eigenvalue weighted by molar-refractivity contribution is 7.20. The largest absolute Gasteiger partial charge is 0.349 e. The Morgan fingerprint density at radius 3 is 2.64 bits per heavy atom. The lowest BCUT2D eigenvalue weighted by atomic mass is 9.97. The Morgan fingerprint density at radius 1 is 1.24 bits per heavy atom. The maximum Gasteiger partial charge on any atom is 0.214 e. The number of rotatable bonds is 4. The molecular formula is C18H22ClN5S. The predicted octanol–water partition coefficient (Wildman–Crippen LogP) is 3.89. The summed E-state index contributed by atoms with van der Waals surface area (Å²) >= 11 is 7.60. The van der Waals surface area contributed by atoms with Crippen molar-refractivity contribution >= 4 is 33.0 Å². The molecule has 1 aromatic carbocycles. The van der Waals surface area contributed by atoms with Crippen LogP contribution in [0.5, 0.6) is 0 Å². The highest BCUT2D eigenvalue weighted by Gasteiger charge is 2.20. The van der Waals surface area contributed by atoms with Crippen LogP contribution in [0.3, 0.4) is 0 Å². The molecule has 25 heavy (non-hydrogen) atoms. The van der Waals surface area contributed by atoms with Gasteiger partial charge in [-0.3, -0.25) is 0 Å². The Labute approximate surface area is 156 Å². The van der Waals surface area contributed by atoms with Crippen LogP contribution in [0.4, 0.5) is 5.13 Å². The van der Waals surface area contributed by atoms with E-state index in [-0.39, 0.29) is 0 Å². The van der Waals surface area contributed by atoms with Crippen LogP contribution in [0.25, 0.3) is 16.2 Å². The molecule has 7 heteroatoms. The standard InChI is InChI=1S/C18H22ClN5S/c1-22-9-7-13(8-10-22)11-23(2)18-21-24-12-16(20-17(24)25-18)14-3-5-15(19)6-4-14/h3-6,12-13H,7-11H2,1-2H3. The SMILES string of the molecule is CN1CCC(CN(C)c2nn3cc(-c4ccc(Cl)cc4)nc3s2)CC1. The van der Waals surface area contributed by atoms with E-state index in [0.717, 1.165) is 38.8 Å². The second-order valence-electron chi connectivity index (χ2n) is 6.87. The Kier molecular flexibility index (Phi) is 4.67. The zero-order valence-corrected chi connectivity index (χ0v) is 16.1. The average molecular weight is 376 g/mol. The summed E-state index contributed by atoms with van der Waals surface area (Å²) in [6.45, 7) is 3.46. The van der Waals surface area contributed by atoms with Gasteiger partial charge in [0.15, 0.2) is 0 Å². The van der Waals surface area contributed by atoms with E-state index in [2.05, 4.69) is 23.9 Å². The first-order valence-electron chi connectivity index (χ1n) is 8.60. The monoisotopic (exact) mass is 375 g/mol. The summed E-state index contributed by atoms with van der Waals surface area (Å²) in [7, 11) is 4.34. The van der Waals surface area contributed by atoms with E-state index in [9.17, 15) is 0 Å². The molecule has 5 nitrogen and oxygen atoms in total. The summed E-state index contributed by atoms with van der Waals surface area (Å²) < 4.78 is 1.88. The van der Waals surface area contributed by atoms with Gasteiger partial charge in [-0.25, -0.2) is 9.50 Å². The topological polar surface area (TPSA) is 36.7 Å². The maximum absolute atomic E-state index is 5.96. The number of halogens is 1. The molecule has 2 aromatic heterocycles. The molecule has 0 unspecified atom stereocenters.